The predicted molar refractivity (Wildman–Crippen MR) is 74.8 cm³/mol. The maximum absolute atomic E-state index is 11.5. The fraction of sp³-hybridized carbons (Fsp3) is 0.533. The minimum Gasteiger partial charge on any atom is -0.369 e. The van der Waals surface area contributed by atoms with Crippen LogP contribution in [0.4, 0.5) is 5.69 Å². The van der Waals surface area contributed by atoms with Crippen molar-refractivity contribution in [3.05, 3.63) is 29.8 Å². The first-order valence-corrected chi connectivity index (χ1v) is 6.76. The molecule has 1 aliphatic rings. The number of rotatable bonds is 5. The van der Waals surface area contributed by atoms with Crippen molar-refractivity contribution in [2.45, 2.75) is 26.7 Å². The topological polar surface area (TPSA) is 32.3 Å². The first-order valence-electron chi connectivity index (χ1n) is 6.76. The van der Waals surface area contributed by atoms with E-state index in [9.17, 15) is 4.79 Å². The van der Waals surface area contributed by atoms with E-state index < -0.39 is 0 Å². The molecule has 1 N–H and O–H groups in total. The smallest absolute Gasteiger partial charge is 0.220 e. The Labute approximate surface area is 109 Å². The van der Waals surface area contributed by atoms with Crippen LogP contribution < -0.4 is 10.2 Å². The number of carbonyl (C=O) groups excluding carboxylic acids is 1. The summed E-state index contributed by atoms with van der Waals surface area (Å²) in [6.07, 6.45) is 1.74. The second-order valence-corrected chi connectivity index (χ2v) is 5.31. The van der Waals surface area contributed by atoms with Gasteiger partial charge in [0.05, 0.1) is 0 Å². The number of anilines is 1. The van der Waals surface area contributed by atoms with Gasteiger partial charge in [0, 0.05) is 31.7 Å². The van der Waals surface area contributed by atoms with E-state index in [1.165, 1.54) is 11.3 Å². The van der Waals surface area contributed by atoms with Crippen molar-refractivity contribution in [3.63, 3.8) is 0 Å². The highest BCUT2D eigenvalue weighted by molar-refractivity contribution is 5.76. The highest BCUT2D eigenvalue weighted by atomic mass is 16.1. The van der Waals surface area contributed by atoms with Crippen LogP contribution in [0.3, 0.4) is 0 Å². The van der Waals surface area contributed by atoms with Gasteiger partial charge in [0.15, 0.2) is 0 Å². The van der Waals surface area contributed by atoms with Gasteiger partial charge in [0.25, 0.3) is 0 Å². The average molecular weight is 246 g/mol. The zero-order chi connectivity index (χ0) is 13.0. The van der Waals surface area contributed by atoms with E-state index in [-0.39, 0.29) is 5.91 Å². The molecule has 18 heavy (non-hydrogen) atoms. The fourth-order valence-corrected chi connectivity index (χ4v) is 2.41. The van der Waals surface area contributed by atoms with Crippen LogP contribution in [-0.4, -0.2) is 25.5 Å². The molecule has 0 bridgehead atoms. The van der Waals surface area contributed by atoms with Gasteiger partial charge in [-0.2, -0.15) is 0 Å². The second kappa shape index (κ2) is 5.89. The highest BCUT2D eigenvalue weighted by Crippen LogP contribution is 2.26. The monoisotopic (exact) mass is 246 g/mol. The van der Waals surface area contributed by atoms with Gasteiger partial charge in [-0.15, -0.1) is 0 Å². The van der Waals surface area contributed by atoms with Crippen LogP contribution in [0.15, 0.2) is 24.3 Å². The summed E-state index contributed by atoms with van der Waals surface area (Å²) in [6.45, 7) is 6.84. The van der Waals surface area contributed by atoms with E-state index >= 15 is 0 Å². The third-order valence-electron chi connectivity index (χ3n) is 3.28. The molecule has 3 nitrogen and oxygen atoms in total. The Kier molecular flexibility index (Phi) is 4.24. The van der Waals surface area contributed by atoms with Crippen LogP contribution in [0.25, 0.3) is 0 Å². The standard InChI is InChI=1S/C15H22N2O/c1-12(2)11-15(18)16-8-10-17-9-7-13-5-3-4-6-14(13)17/h3-6,12H,7-11H2,1-2H3,(H,16,18). The highest BCUT2D eigenvalue weighted by Gasteiger charge is 2.17. The molecule has 1 amide bonds. The van der Waals surface area contributed by atoms with Crippen LogP contribution in [0.5, 0.6) is 0 Å². The van der Waals surface area contributed by atoms with Crippen molar-refractivity contribution < 1.29 is 4.79 Å². The molecule has 1 aromatic carbocycles. The SMILES string of the molecule is CC(C)CC(=O)NCCN1CCc2ccccc21. The average Bonchev–Trinajstić information content (AvgIpc) is 2.72. The second-order valence-electron chi connectivity index (χ2n) is 5.31. The van der Waals surface area contributed by atoms with Crippen LogP contribution in [0.2, 0.25) is 0 Å². The lowest BCUT2D eigenvalue weighted by molar-refractivity contribution is -0.121. The van der Waals surface area contributed by atoms with Crippen molar-refractivity contribution in [1.29, 1.82) is 0 Å². The molecule has 0 spiro atoms. The first kappa shape index (κ1) is 12.9. The summed E-state index contributed by atoms with van der Waals surface area (Å²) in [4.78, 5) is 13.9. The van der Waals surface area contributed by atoms with Gasteiger partial charge in [0.2, 0.25) is 5.91 Å². The fourth-order valence-electron chi connectivity index (χ4n) is 2.41. The maximum atomic E-state index is 11.5. The van der Waals surface area contributed by atoms with Crippen LogP contribution in [0, 0.1) is 5.92 Å². The minimum atomic E-state index is 0.164. The van der Waals surface area contributed by atoms with E-state index in [2.05, 4.69) is 48.3 Å². The van der Waals surface area contributed by atoms with Crippen LogP contribution >= 0.6 is 0 Å². The van der Waals surface area contributed by atoms with Crippen molar-refractivity contribution in [3.8, 4) is 0 Å². The minimum absolute atomic E-state index is 0.164. The Balaban J connectivity index is 1.77. The molecular formula is C15H22N2O. The van der Waals surface area contributed by atoms with Crippen molar-refractivity contribution in [2.75, 3.05) is 24.5 Å². The first-order chi connectivity index (χ1) is 8.66. The predicted octanol–water partition coefficient (Wildman–Crippen LogP) is 2.21. The molecule has 0 aromatic heterocycles. The number of benzene rings is 1. The van der Waals surface area contributed by atoms with Crippen molar-refractivity contribution >= 4 is 11.6 Å². The van der Waals surface area contributed by atoms with Crippen molar-refractivity contribution in [1.82, 2.24) is 5.32 Å². The summed E-state index contributed by atoms with van der Waals surface area (Å²) in [5, 5.41) is 2.99. The summed E-state index contributed by atoms with van der Waals surface area (Å²) >= 11 is 0. The summed E-state index contributed by atoms with van der Waals surface area (Å²) in [6, 6.07) is 8.52. The Morgan fingerprint density at radius 1 is 1.39 bits per heavy atom. The molecule has 1 aliphatic heterocycles. The van der Waals surface area contributed by atoms with Crippen molar-refractivity contribution in [2.24, 2.45) is 5.92 Å². The molecule has 0 radical (unpaired) electrons. The Bertz CT molecular complexity index is 415. The molecule has 2 rings (SSSR count). The Morgan fingerprint density at radius 2 is 2.17 bits per heavy atom. The largest absolute Gasteiger partial charge is 0.369 e. The van der Waals surface area contributed by atoms with E-state index in [0.717, 1.165) is 26.1 Å². The number of nitrogens with one attached hydrogen (secondary N) is 1. The maximum Gasteiger partial charge on any atom is 0.220 e. The zero-order valence-corrected chi connectivity index (χ0v) is 11.3. The van der Waals surface area contributed by atoms with Gasteiger partial charge < -0.3 is 10.2 Å². The molecule has 1 aromatic rings. The van der Waals surface area contributed by atoms with E-state index in [1.54, 1.807) is 0 Å². The number of para-hydroxylation sites is 1. The van der Waals surface area contributed by atoms with Gasteiger partial charge >= 0.3 is 0 Å². The number of amides is 1. The quantitative estimate of drug-likeness (QED) is 0.864. The van der Waals surface area contributed by atoms with Crippen LogP contribution in [0.1, 0.15) is 25.8 Å². The molecule has 0 fully saturated rings. The Hall–Kier alpha value is -1.51. The van der Waals surface area contributed by atoms with Gasteiger partial charge in [-0.3, -0.25) is 4.79 Å². The summed E-state index contributed by atoms with van der Waals surface area (Å²) in [5.74, 6) is 0.593. The lowest BCUT2D eigenvalue weighted by Crippen LogP contribution is -2.34. The van der Waals surface area contributed by atoms with E-state index in [1.807, 2.05) is 0 Å². The molecule has 0 atom stereocenters. The molecule has 0 aliphatic carbocycles. The molecule has 0 saturated heterocycles. The number of carbonyl (C=O) groups is 1. The normalized spacial score (nSPS) is 13.8. The lowest BCUT2D eigenvalue weighted by Gasteiger charge is -2.19. The van der Waals surface area contributed by atoms with Gasteiger partial charge in [-0.25, -0.2) is 0 Å². The van der Waals surface area contributed by atoms with Gasteiger partial charge in [-0.05, 0) is 24.0 Å². The molecule has 0 unspecified atom stereocenters. The molecular weight excluding hydrogens is 224 g/mol. The molecule has 3 heteroatoms. The number of fused-ring (bicyclic) bond motifs is 1. The van der Waals surface area contributed by atoms with E-state index in [0.29, 0.717) is 12.3 Å². The van der Waals surface area contributed by atoms with Crippen LogP contribution in [-0.2, 0) is 11.2 Å². The number of hydrogen-bond donors (Lipinski definition) is 1. The molecule has 1 heterocycles. The molecule has 0 saturated carbocycles. The number of hydrogen-bond acceptors (Lipinski definition) is 2. The summed E-state index contributed by atoms with van der Waals surface area (Å²) in [5.41, 5.74) is 2.75. The third kappa shape index (κ3) is 3.25. The van der Waals surface area contributed by atoms with E-state index in [4.69, 9.17) is 0 Å². The lowest BCUT2D eigenvalue weighted by atomic mass is 10.1. The van der Waals surface area contributed by atoms with Gasteiger partial charge in [0.1, 0.15) is 0 Å². The Morgan fingerprint density at radius 3 is 2.94 bits per heavy atom. The summed E-state index contributed by atoms with van der Waals surface area (Å²) in [7, 11) is 0. The van der Waals surface area contributed by atoms with Gasteiger partial charge in [-0.1, -0.05) is 32.0 Å². The number of nitrogens with zero attached hydrogens (tertiary/aromatic N) is 1. The summed E-state index contributed by atoms with van der Waals surface area (Å²) < 4.78 is 0. The molecule has 98 valence electrons. The third-order valence-corrected chi connectivity index (χ3v) is 3.28. The zero-order valence-electron chi connectivity index (χ0n) is 11.3.